The zero-order valence-corrected chi connectivity index (χ0v) is 10.1. The van der Waals surface area contributed by atoms with Crippen molar-refractivity contribution in [3.63, 3.8) is 0 Å². The molecule has 1 amide bonds. The van der Waals surface area contributed by atoms with Gasteiger partial charge in [0.25, 0.3) is 0 Å². The fourth-order valence-corrected chi connectivity index (χ4v) is 3.45. The van der Waals surface area contributed by atoms with E-state index in [4.69, 9.17) is 4.74 Å². The molecule has 3 fully saturated rings. The fourth-order valence-electron chi connectivity index (χ4n) is 3.45. The maximum absolute atomic E-state index is 11.9. The number of carbonyl (C=O) groups is 1. The fraction of sp³-hybridized carbons (Fsp3) is 0.917. The molecule has 16 heavy (non-hydrogen) atoms. The number of likely N-dealkylation sites (tertiary alicyclic amines) is 1. The van der Waals surface area contributed by atoms with Crippen molar-refractivity contribution in [1.29, 1.82) is 0 Å². The van der Waals surface area contributed by atoms with E-state index in [1.807, 2.05) is 20.8 Å². The van der Waals surface area contributed by atoms with Gasteiger partial charge in [0.1, 0.15) is 5.60 Å². The quantitative estimate of drug-likeness (QED) is 0.733. The maximum Gasteiger partial charge on any atom is 0.410 e. The van der Waals surface area contributed by atoms with E-state index in [1.54, 1.807) is 4.90 Å². The molecule has 3 rings (SSSR count). The zero-order chi connectivity index (χ0) is 11.8. The van der Waals surface area contributed by atoms with E-state index in [2.05, 4.69) is 0 Å². The van der Waals surface area contributed by atoms with E-state index >= 15 is 0 Å². The molecule has 1 aliphatic heterocycles. The number of carbonyl (C=O) groups excluding carboxylic acids is 1. The highest BCUT2D eigenvalue weighted by atomic mass is 16.6. The van der Waals surface area contributed by atoms with Gasteiger partial charge in [-0.05, 0) is 39.0 Å². The molecule has 0 aromatic carbocycles. The third-order valence-corrected chi connectivity index (χ3v) is 4.40. The summed E-state index contributed by atoms with van der Waals surface area (Å²) in [4.78, 5) is 13.7. The summed E-state index contributed by atoms with van der Waals surface area (Å²) >= 11 is 0. The molecule has 0 aromatic heterocycles. The van der Waals surface area contributed by atoms with Crippen LogP contribution in [0.15, 0.2) is 0 Å². The van der Waals surface area contributed by atoms with E-state index in [9.17, 15) is 9.90 Å². The first-order valence-electron chi connectivity index (χ1n) is 5.94. The van der Waals surface area contributed by atoms with Crippen molar-refractivity contribution >= 4 is 6.09 Å². The smallest absolute Gasteiger partial charge is 0.410 e. The summed E-state index contributed by atoms with van der Waals surface area (Å²) in [6, 6.07) is 0.00218. The van der Waals surface area contributed by atoms with Crippen LogP contribution >= 0.6 is 0 Å². The number of aliphatic hydroxyl groups excluding tert-OH is 1. The molecule has 4 nitrogen and oxygen atoms in total. The molecular formula is C12H19NO3. The number of hydrogen-bond acceptors (Lipinski definition) is 3. The number of nitrogens with zero attached hydrogens (tertiary/aromatic N) is 1. The van der Waals surface area contributed by atoms with Gasteiger partial charge in [0.2, 0.25) is 0 Å². The summed E-state index contributed by atoms with van der Waals surface area (Å²) in [7, 11) is 0. The summed E-state index contributed by atoms with van der Waals surface area (Å²) in [5.41, 5.74) is 0.194. The second kappa shape index (κ2) is 2.55. The lowest BCUT2D eigenvalue weighted by atomic mass is 10.0. The number of piperidine rings is 2. The van der Waals surface area contributed by atoms with Crippen molar-refractivity contribution in [1.82, 2.24) is 4.90 Å². The minimum Gasteiger partial charge on any atom is -0.444 e. The summed E-state index contributed by atoms with van der Waals surface area (Å²) in [5, 5.41) is 9.42. The number of rotatable bonds is 1. The standard InChI is InChI=1S/C12H19NO3/c1-10(2,3)16-9(15)13-7-11-5-12(11,6-11)8(13)4-14/h8,14H,4-7H2,1-3H3/t8-,11?,12?/m1/s1. The van der Waals surface area contributed by atoms with Gasteiger partial charge in [-0.2, -0.15) is 0 Å². The lowest BCUT2D eigenvalue weighted by Gasteiger charge is -2.34. The normalized spacial score (nSPS) is 43.8. The predicted octanol–water partition coefficient (Wildman–Crippen LogP) is 1.38. The lowest BCUT2D eigenvalue weighted by molar-refractivity contribution is 0.00386. The molecule has 0 radical (unpaired) electrons. The van der Waals surface area contributed by atoms with E-state index in [0.29, 0.717) is 5.41 Å². The van der Waals surface area contributed by atoms with Crippen LogP contribution in [-0.4, -0.2) is 40.9 Å². The van der Waals surface area contributed by atoms with Gasteiger partial charge in [-0.1, -0.05) is 0 Å². The molecule has 1 atom stereocenters. The highest BCUT2D eigenvalue weighted by molar-refractivity contribution is 5.71. The van der Waals surface area contributed by atoms with E-state index < -0.39 is 5.60 Å². The highest BCUT2D eigenvalue weighted by Crippen LogP contribution is 2.91. The van der Waals surface area contributed by atoms with E-state index in [0.717, 1.165) is 6.54 Å². The Morgan fingerprint density at radius 3 is 2.62 bits per heavy atom. The van der Waals surface area contributed by atoms with Crippen molar-refractivity contribution < 1.29 is 14.6 Å². The van der Waals surface area contributed by atoms with Crippen LogP contribution < -0.4 is 0 Å². The monoisotopic (exact) mass is 225 g/mol. The third kappa shape index (κ3) is 1.11. The average Bonchev–Trinajstić information content (AvgIpc) is 2.85. The predicted molar refractivity (Wildman–Crippen MR) is 57.9 cm³/mol. The molecule has 90 valence electrons. The summed E-state index contributed by atoms with van der Waals surface area (Å²) in [6.45, 7) is 6.46. The molecule has 2 saturated carbocycles. The molecule has 1 N–H and O–H groups in total. The molecule has 0 aromatic rings. The second-order valence-electron chi connectivity index (χ2n) is 6.60. The average molecular weight is 225 g/mol. The van der Waals surface area contributed by atoms with Crippen LogP contribution in [-0.2, 0) is 4.74 Å². The Labute approximate surface area is 95.6 Å². The van der Waals surface area contributed by atoms with E-state index in [1.165, 1.54) is 12.8 Å². The van der Waals surface area contributed by atoms with Crippen molar-refractivity contribution in [3.05, 3.63) is 0 Å². The lowest BCUT2D eigenvalue weighted by Crippen LogP contribution is -2.47. The molecule has 1 heterocycles. The van der Waals surface area contributed by atoms with Gasteiger partial charge >= 0.3 is 6.09 Å². The van der Waals surface area contributed by atoms with Crippen LogP contribution in [0.1, 0.15) is 33.6 Å². The Kier molecular flexibility index (Phi) is 1.66. The van der Waals surface area contributed by atoms with Crippen molar-refractivity contribution in [2.75, 3.05) is 13.2 Å². The number of aliphatic hydroxyl groups is 1. The van der Waals surface area contributed by atoms with Gasteiger partial charge in [0.05, 0.1) is 12.6 Å². The third-order valence-electron chi connectivity index (χ3n) is 4.40. The van der Waals surface area contributed by atoms with Gasteiger partial charge in [-0.25, -0.2) is 4.79 Å². The van der Waals surface area contributed by atoms with Crippen LogP contribution in [0.2, 0.25) is 0 Å². The number of hydrogen-bond donors (Lipinski definition) is 1. The first-order valence-corrected chi connectivity index (χ1v) is 5.94. The number of ether oxygens (including phenoxy) is 1. The van der Waals surface area contributed by atoms with Crippen LogP contribution in [0, 0.1) is 10.8 Å². The number of amides is 1. The topological polar surface area (TPSA) is 49.8 Å². The molecule has 0 bridgehead atoms. The van der Waals surface area contributed by atoms with Crippen LogP contribution in [0.5, 0.6) is 0 Å². The molecule has 1 saturated heterocycles. The first kappa shape index (κ1) is 10.4. The van der Waals surface area contributed by atoms with Crippen LogP contribution in [0.3, 0.4) is 0 Å². The Hall–Kier alpha value is -0.770. The Bertz CT molecular complexity index is 352. The Morgan fingerprint density at radius 1 is 1.50 bits per heavy atom. The molecular weight excluding hydrogens is 206 g/mol. The van der Waals surface area contributed by atoms with Crippen molar-refractivity contribution in [2.45, 2.75) is 45.3 Å². The minimum absolute atomic E-state index is 0.00218. The SMILES string of the molecule is CC(C)(C)OC(=O)N1CC23CC2(C3)[C@H]1CO. The Morgan fingerprint density at radius 2 is 2.12 bits per heavy atom. The van der Waals surface area contributed by atoms with Gasteiger partial charge in [-0.15, -0.1) is 0 Å². The second-order valence-corrected chi connectivity index (χ2v) is 6.60. The van der Waals surface area contributed by atoms with E-state index in [-0.39, 0.29) is 24.2 Å². The molecule has 0 spiro atoms. The Balaban J connectivity index is 1.71. The molecule has 2 aliphatic carbocycles. The molecule has 3 aliphatic rings. The van der Waals surface area contributed by atoms with Crippen molar-refractivity contribution in [2.24, 2.45) is 10.8 Å². The molecule has 0 unspecified atom stereocenters. The van der Waals surface area contributed by atoms with Gasteiger partial charge in [0.15, 0.2) is 0 Å². The van der Waals surface area contributed by atoms with Crippen LogP contribution in [0.25, 0.3) is 0 Å². The maximum atomic E-state index is 11.9. The van der Waals surface area contributed by atoms with Crippen molar-refractivity contribution in [3.8, 4) is 0 Å². The van der Waals surface area contributed by atoms with Gasteiger partial charge in [-0.3, -0.25) is 0 Å². The largest absolute Gasteiger partial charge is 0.444 e. The van der Waals surface area contributed by atoms with Gasteiger partial charge in [0, 0.05) is 12.0 Å². The highest BCUT2D eigenvalue weighted by Gasteiger charge is 2.90. The first-order chi connectivity index (χ1) is 7.34. The summed E-state index contributed by atoms with van der Waals surface area (Å²) in [5.74, 6) is 0. The minimum atomic E-state index is -0.455. The molecule has 4 heteroatoms. The zero-order valence-electron chi connectivity index (χ0n) is 10.1. The summed E-state index contributed by atoms with van der Waals surface area (Å²) in [6.07, 6.45) is 2.13. The van der Waals surface area contributed by atoms with Crippen LogP contribution in [0.4, 0.5) is 4.79 Å². The summed E-state index contributed by atoms with van der Waals surface area (Å²) < 4.78 is 5.36. The van der Waals surface area contributed by atoms with Gasteiger partial charge < -0.3 is 14.7 Å².